The highest BCUT2D eigenvalue weighted by atomic mass is 16.5. The van der Waals surface area contributed by atoms with Crippen LogP contribution in [0, 0.1) is 5.92 Å². The Labute approximate surface area is 158 Å². The zero-order valence-corrected chi connectivity index (χ0v) is 15.6. The predicted molar refractivity (Wildman–Crippen MR) is 99.7 cm³/mol. The van der Waals surface area contributed by atoms with Gasteiger partial charge in [-0.2, -0.15) is 0 Å². The van der Waals surface area contributed by atoms with Gasteiger partial charge in [-0.15, -0.1) is 0 Å². The molecule has 5 nitrogen and oxygen atoms in total. The van der Waals surface area contributed by atoms with Gasteiger partial charge in [0, 0.05) is 36.7 Å². The molecular formula is C22H24N2O3. The van der Waals surface area contributed by atoms with E-state index < -0.39 is 0 Å². The summed E-state index contributed by atoms with van der Waals surface area (Å²) in [6, 6.07) is 9.24. The number of hydrogen-bond donors (Lipinski definition) is 0. The quantitative estimate of drug-likeness (QED) is 0.714. The SMILES string of the molecule is CO[C@]12C[C@H]3N4CC[C@@]35c3ccccc3N3C(=O)C[C@H](OCC=C1C4)[C@H]2[C@H]35. The van der Waals surface area contributed by atoms with Crippen molar-refractivity contribution in [3.63, 3.8) is 0 Å². The van der Waals surface area contributed by atoms with E-state index in [9.17, 15) is 4.79 Å². The largest absolute Gasteiger partial charge is 0.373 e. The van der Waals surface area contributed by atoms with Crippen LogP contribution in [0.25, 0.3) is 0 Å². The number of methoxy groups -OCH3 is 1. The zero-order chi connectivity index (χ0) is 18.0. The molecule has 5 aliphatic heterocycles. The molecule has 3 saturated heterocycles. The van der Waals surface area contributed by atoms with Gasteiger partial charge in [0.05, 0.1) is 30.8 Å². The van der Waals surface area contributed by atoms with Gasteiger partial charge >= 0.3 is 0 Å². The van der Waals surface area contributed by atoms with E-state index in [2.05, 4.69) is 40.1 Å². The second-order valence-electron chi connectivity index (χ2n) is 9.13. The van der Waals surface area contributed by atoms with Crippen molar-refractivity contribution in [3.8, 4) is 0 Å². The lowest BCUT2D eigenvalue weighted by molar-refractivity contribution is -0.167. The average molecular weight is 364 g/mol. The number of benzene rings is 1. The number of fused-ring (bicyclic) bond motifs is 2. The molecule has 0 radical (unpaired) electrons. The lowest BCUT2D eigenvalue weighted by Crippen LogP contribution is -2.75. The first kappa shape index (κ1) is 15.3. The molecule has 27 heavy (non-hydrogen) atoms. The molecule has 4 fully saturated rings. The van der Waals surface area contributed by atoms with E-state index in [4.69, 9.17) is 9.47 Å². The van der Waals surface area contributed by atoms with E-state index in [0.29, 0.717) is 19.1 Å². The summed E-state index contributed by atoms with van der Waals surface area (Å²) < 4.78 is 12.7. The number of hydrogen-bond acceptors (Lipinski definition) is 4. The molecule has 1 amide bonds. The third kappa shape index (κ3) is 1.45. The molecule has 2 bridgehead atoms. The predicted octanol–water partition coefficient (Wildman–Crippen LogP) is 1.86. The van der Waals surface area contributed by atoms with Gasteiger partial charge in [0.2, 0.25) is 5.91 Å². The van der Waals surface area contributed by atoms with Crippen molar-refractivity contribution in [3.05, 3.63) is 41.5 Å². The summed E-state index contributed by atoms with van der Waals surface area (Å²) in [5, 5.41) is 0. The Hall–Kier alpha value is -1.69. The van der Waals surface area contributed by atoms with E-state index in [-0.39, 0.29) is 35.0 Å². The van der Waals surface area contributed by atoms with Crippen LogP contribution in [0.5, 0.6) is 0 Å². The maximum absolute atomic E-state index is 13.3. The minimum absolute atomic E-state index is 0.0247. The highest BCUT2D eigenvalue weighted by molar-refractivity contribution is 5.99. The number of amides is 1. The average Bonchev–Trinajstić information content (AvgIpc) is 3.16. The molecule has 7 rings (SSSR count). The number of ether oxygens (including phenoxy) is 2. The number of piperidine rings is 2. The summed E-state index contributed by atoms with van der Waals surface area (Å²) in [5.74, 6) is 0.427. The molecule has 5 heteroatoms. The minimum Gasteiger partial charge on any atom is -0.373 e. The van der Waals surface area contributed by atoms with Crippen LogP contribution in [-0.4, -0.2) is 61.4 Å². The van der Waals surface area contributed by atoms with Crippen LogP contribution in [0.1, 0.15) is 24.8 Å². The molecule has 1 aromatic rings. The van der Waals surface area contributed by atoms with Gasteiger partial charge in [0.1, 0.15) is 0 Å². The Morgan fingerprint density at radius 1 is 1.30 bits per heavy atom. The molecule has 0 unspecified atom stereocenters. The van der Waals surface area contributed by atoms with Crippen molar-refractivity contribution in [2.45, 2.75) is 48.5 Å². The lowest BCUT2D eigenvalue weighted by atomic mass is 9.51. The molecule has 6 atom stereocenters. The molecule has 0 N–H and O–H groups in total. The minimum atomic E-state index is -0.290. The third-order valence-corrected chi connectivity index (χ3v) is 8.66. The molecule has 1 aromatic carbocycles. The monoisotopic (exact) mass is 364 g/mol. The first-order valence-corrected chi connectivity index (χ1v) is 10.2. The Morgan fingerprint density at radius 3 is 3.07 bits per heavy atom. The number of rotatable bonds is 1. The van der Waals surface area contributed by atoms with Crippen LogP contribution in [-0.2, 0) is 19.7 Å². The van der Waals surface area contributed by atoms with E-state index in [1.165, 1.54) is 11.1 Å². The molecule has 140 valence electrons. The first-order valence-electron chi connectivity index (χ1n) is 10.2. The molecule has 1 spiro atoms. The maximum atomic E-state index is 13.3. The second kappa shape index (κ2) is 4.65. The van der Waals surface area contributed by atoms with Gasteiger partial charge in [0.15, 0.2) is 0 Å². The molecule has 5 heterocycles. The second-order valence-corrected chi connectivity index (χ2v) is 9.13. The Bertz CT molecular complexity index is 913. The third-order valence-electron chi connectivity index (χ3n) is 8.66. The standard InChI is InChI=1S/C22H24N2O3/c1-26-22-11-17-21-7-8-23(17)12-13(22)6-9-27-16-10-18(25)24(20(21)19(16)22)15-5-3-2-4-14(15)21/h2-6,16-17,19-20H,7-12H2,1H3/t16-,17+,19-,20-,21+,22+/m0/s1. The van der Waals surface area contributed by atoms with Crippen LogP contribution in [0.2, 0.25) is 0 Å². The van der Waals surface area contributed by atoms with Crippen molar-refractivity contribution < 1.29 is 14.3 Å². The highest BCUT2D eigenvalue weighted by Gasteiger charge is 2.75. The highest BCUT2D eigenvalue weighted by Crippen LogP contribution is 2.67. The number of para-hydroxylation sites is 1. The molecular weight excluding hydrogens is 340 g/mol. The van der Waals surface area contributed by atoms with E-state index in [1.807, 2.05) is 7.11 Å². The normalized spacial score (nSPS) is 46.2. The summed E-state index contributed by atoms with van der Waals surface area (Å²) in [4.78, 5) is 18.1. The number of carbonyl (C=O) groups excluding carboxylic acids is 1. The van der Waals surface area contributed by atoms with Crippen molar-refractivity contribution in [1.82, 2.24) is 4.90 Å². The van der Waals surface area contributed by atoms with Crippen molar-refractivity contribution in [2.75, 3.05) is 31.7 Å². The molecule has 1 aliphatic carbocycles. The summed E-state index contributed by atoms with van der Waals surface area (Å²) >= 11 is 0. The van der Waals surface area contributed by atoms with Gasteiger partial charge < -0.3 is 14.4 Å². The van der Waals surface area contributed by atoms with Crippen LogP contribution < -0.4 is 4.90 Å². The summed E-state index contributed by atoms with van der Waals surface area (Å²) in [5.41, 5.74) is 3.65. The van der Waals surface area contributed by atoms with Gasteiger partial charge in [-0.3, -0.25) is 9.69 Å². The van der Waals surface area contributed by atoms with Crippen molar-refractivity contribution >= 4 is 11.6 Å². The number of carbonyl (C=O) groups is 1. The molecule has 6 aliphatic rings. The van der Waals surface area contributed by atoms with Gasteiger partial charge in [-0.1, -0.05) is 24.3 Å². The first-order chi connectivity index (χ1) is 13.2. The fourth-order valence-electron chi connectivity index (χ4n) is 7.82. The molecule has 0 aromatic heterocycles. The fourth-order valence-corrected chi connectivity index (χ4v) is 7.82. The van der Waals surface area contributed by atoms with Crippen molar-refractivity contribution in [2.24, 2.45) is 5.92 Å². The topological polar surface area (TPSA) is 42.0 Å². The maximum Gasteiger partial charge on any atom is 0.229 e. The Balaban J connectivity index is 1.57. The lowest BCUT2D eigenvalue weighted by Gasteiger charge is -2.63. The summed E-state index contributed by atoms with van der Waals surface area (Å²) in [6.45, 7) is 2.68. The number of anilines is 1. The Morgan fingerprint density at radius 2 is 2.19 bits per heavy atom. The van der Waals surface area contributed by atoms with Gasteiger partial charge in [-0.05, 0) is 36.6 Å². The number of nitrogens with zero attached hydrogens (tertiary/aromatic N) is 2. The van der Waals surface area contributed by atoms with Crippen LogP contribution in [0.4, 0.5) is 5.69 Å². The summed E-state index contributed by atoms with van der Waals surface area (Å²) in [7, 11) is 1.87. The van der Waals surface area contributed by atoms with Crippen LogP contribution >= 0.6 is 0 Å². The van der Waals surface area contributed by atoms with Gasteiger partial charge in [-0.25, -0.2) is 0 Å². The van der Waals surface area contributed by atoms with Crippen LogP contribution in [0.15, 0.2) is 35.9 Å². The van der Waals surface area contributed by atoms with Crippen LogP contribution in [0.3, 0.4) is 0 Å². The Kier molecular flexibility index (Phi) is 2.63. The van der Waals surface area contributed by atoms with Gasteiger partial charge in [0.25, 0.3) is 0 Å². The zero-order valence-electron chi connectivity index (χ0n) is 15.6. The molecule has 1 saturated carbocycles. The van der Waals surface area contributed by atoms with Crippen molar-refractivity contribution in [1.29, 1.82) is 0 Å². The summed E-state index contributed by atoms with van der Waals surface area (Å²) in [6.07, 6.45) is 4.81. The smallest absolute Gasteiger partial charge is 0.229 e. The van der Waals surface area contributed by atoms with E-state index >= 15 is 0 Å². The fraction of sp³-hybridized carbons (Fsp3) is 0.591. The van der Waals surface area contributed by atoms with E-state index in [1.54, 1.807) is 0 Å². The van der Waals surface area contributed by atoms with E-state index in [0.717, 1.165) is 31.6 Å².